The van der Waals surface area contributed by atoms with Gasteiger partial charge in [-0.1, -0.05) is 5.16 Å². The highest BCUT2D eigenvalue weighted by Gasteiger charge is 2.17. The zero-order valence-corrected chi connectivity index (χ0v) is 7.02. The van der Waals surface area contributed by atoms with Crippen molar-refractivity contribution in [3.63, 3.8) is 0 Å². The first-order valence-electron chi connectivity index (χ1n) is 3.94. The average Bonchev–Trinajstić information content (AvgIpc) is 2.47. The fraction of sp³-hybridized carbons (Fsp3) is 0.625. The minimum atomic E-state index is 0.485. The molecule has 0 fully saturated rings. The lowest BCUT2D eigenvalue weighted by atomic mass is 9.97. The standard InChI is InChI=1S/C8H10ClNO/c9-5-7-6-3-1-2-4-8(6)11-10-7/h1-5H2. The minimum Gasteiger partial charge on any atom is -0.361 e. The molecule has 2 nitrogen and oxygen atoms in total. The van der Waals surface area contributed by atoms with Crippen LogP contribution >= 0.6 is 11.6 Å². The first kappa shape index (κ1) is 7.17. The van der Waals surface area contributed by atoms with Crippen LogP contribution in [0, 0.1) is 0 Å². The molecule has 0 aliphatic heterocycles. The molecule has 0 unspecified atom stereocenters. The highest BCUT2D eigenvalue weighted by molar-refractivity contribution is 6.17. The smallest absolute Gasteiger partial charge is 0.140 e. The zero-order valence-electron chi connectivity index (χ0n) is 6.27. The number of nitrogens with zero attached hydrogens (tertiary/aromatic N) is 1. The van der Waals surface area contributed by atoms with E-state index in [4.69, 9.17) is 16.1 Å². The Balaban J connectivity index is 2.38. The van der Waals surface area contributed by atoms with Gasteiger partial charge in [-0.05, 0) is 19.3 Å². The molecule has 1 aromatic heterocycles. The van der Waals surface area contributed by atoms with Crippen LogP contribution in [0.25, 0.3) is 0 Å². The summed E-state index contributed by atoms with van der Waals surface area (Å²) in [6.07, 6.45) is 4.61. The zero-order chi connectivity index (χ0) is 7.68. The van der Waals surface area contributed by atoms with Gasteiger partial charge >= 0.3 is 0 Å². The third kappa shape index (κ3) is 1.16. The van der Waals surface area contributed by atoms with Gasteiger partial charge in [0.2, 0.25) is 0 Å². The Morgan fingerprint density at radius 3 is 3.00 bits per heavy atom. The van der Waals surface area contributed by atoms with E-state index in [1.807, 2.05) is 0 Å². The normalized spacial score (nSPS) is 16.5. The van der Waals surface area contributed by atoms with Crippen LogP contribution in [0.1, 0.15) is 29.9 Å². The van der Waals surface area contributed by atoms with Crippen molar-refractivity contribution in [2.75, 3.05) is 0 Å². The van der Waals surface area contributed by atoms with Crippen molar-refractivity contribution in [1.29, 1.82) is 0 Å². The van der Waals surface area contributed by atoms with Crippen LogP contribution in [0.2, 0.25) is 0 Å². The van der Waals surface area contributed by atoms with Crippen molar-refractivity contribution in [3.8, 4) is 0 Å². The lowest BCUT2D eigenvalue weighted by Crippen LogP contribution is -2.00. The summed E-state index contributed by atoms with van der Waals surface area (Å²) in [5.74, 6) is 1.55. The summed E-state index contributed by atoms with van der Waals surface area (Å²) in [5.41, 5.74) is 2.22. The van der Waals surface area contributed by atoms with Crippen LogP contribution in [0.4, 0.5) is 0 Å². The molecular weight excluding hydrogens is 162 g/mol. The van der Waals surface area contributed by atoms with Crippen molar-refractivity contribution in [1.82, 2.24) is 5.16 Å². The second-order valence-corrected chi connectivity index (χ2v) is 3.14. The Kier molecular flexibility index (Phi) is 1.86. The van der Waals surface area contributed by atoms with Crippen LogP contribution in [0.5, 0.6) is 0 Å². The number of hydrogen-bond donors (Lipinski definition) is 0. The molecular formula is C8H10ClNO. The number of alkyl halides is 1. The van der Waals surface area contributed by atoms with E-state index in [1.165, 1.54) is 18.4 Å². The third-order valence-corrected chi connectivity index (χ3v) is 2.41. The highest BCUT2D eigenvalue weighted by Crippen LogP contribution is 2.24. The van der Waals surface area contributed by atoms with Crippen molar-refractivity contribution >= 4 is 11.6 Å². The molecule has 0 amide bonds. The predicted octanol–water partition coefficient (Wildman–Crippen LogP) is 2.29. The Hall–Kier alpha value is -0.500. The number of halogens is 1. The molecule has 2 rings (SSSR count). The number of hydrogen-bond acceptors (Lipinski definition) is 2. The van der Waals surface area contributed by atoms with E-state index in [-0.39, 0.29) is 0 Å². The molecule has 0 N–H and O–H groups in total. The maximum Gasteiger partial charge on any atom is 0.140 e. The molecule has 1 aromatic rings. The number of fused-ring (bicyclic) bond motifs is 1. The lowest BCUT2D eigenvalue weighted by Gasteiger charge is -2.07. The molecule has 0 saturated heterocycles. The molecule has 3 heteroatoms. The van der Waals surface area contributed by atoms with E-state index in [1.54, 1.807) is 0 Å². The van der Waals surface area contributed by atoms with E-state index in [0.29, 0.717) is 5.88 Å². The predicted molar refractivity (Wildman–Crippen MR) is 42.7 cm³/mol. The van der Waals surface area contributed by atoms with Gasteiger partial charge in [-0.2, -0.15) is 0 Å². The highest BCUT2D eigenvalue weighted by atomic mass is 35.5. The third-order valence-electron chi connectivity index (χ3n) is 2.16. The molecule has 0 aromatic carbocycles. The lowest BCUT2D eigenvalue weighted by molar-refractivity contribution is 0.369. The quantitative estimate of drug-likeness (QED) is 0.606. The summed E-state index contributed by atoms with van der Waals surface area (Å²) < 4.78 is 5.14. The Bertz CT molecular complexity index is 243. The van der Waals surface area contributed by atoms with Crippen LogP contribution in [-0.4, -0.2) is 5.16 Å². The molecule has 0 saturated carbocycles. The van der Waals surface area contributed by atoms with Gasteiger partial charge in [0.1, 0.15) is 11.5 Å². The molecule has 1 aliphatic rings. The summed E-state index contributed by atoms with van der Waals surface area (Å²) in [6.45, 7) is 0. The molecule has 1 heterocycles. The van der Waals surface area contributed by atoms with Crippen LogP contribution < -0.4 is 0 Å². The molecule has 60 valence electrons. The molecule has 11 heavy (non-hydrogen) atoms. The molecule has 0 spiro atoms. The van der Waals surface area contributed by atoms with E-state index in [9.17, 15) is 0 Å². The van der Waals surface area contributed by atoms with E-state index in [0.717, 1.165) is 24.3 Å². The summed E-state index contributed by atoms with van der Waals surface area (Å²) in [5, 5.41) is 3.91. The number of aromatic nitrogens is 1. The van der Waals surface area contributed by atoms with Gasteiger partial charge in [-0.25, -0.2) is 0 Å². The van der Waals surface area contributed by atoms with Gasteiger partial charge < -0.3 is 4.52 Å². The van der Waals surface area contributed by atoms with E-state index < -0.39 is 0 Å². The first-order chi connectivity index (χ1) is 5.42. The molecule has 0 atom stereocenters. The number of aryl methyl sites for hydroxylation is 1. The van der Waals surface area contributed by atoms with Gasteiger partial charge in [-0.15, -0.1) is 11.6 Å². The van der Waals surface area contributed by atoms with Crippen LogP contribution in [-0.2, 0) is 18.7 Å². The van der Waals surface area contributed by atoms with E-state index >= 15 is 0 Å². The fourth-order valence-electron chi connectivity index (χ4n) is 1.55. The van der Waals surface area contributed by atoms with Gasteiger partial charge in [0.25, 0.3) is 0 Å². The molecule has 0 bridgehead atoms. The first-order valence-corrected chi connectivity index (χ1v) is 4.47. The Morgan fingerprint density at radius 1 is 1.36 bits per heavy atom. The van der Waals surface area contributed by atoms with Gasteiger partial charge in [0.05, 0.1) is 5.88 Å². The topological polar surface area (TPSA) is 26.0 Å². The monoisotopic (exact) mass is 171 g/mol. The second kappa shape index (κ2) is 2.86. The van der Waals surface area contributed by atoms with Crippen molar-refractivity contribution in [3.05, 3.63) is 17.0 Å². The molecule has 1 aliphatic carbocycles. The van der Waals surface area contributed by atoms with Crippen molar-refractivity contribution in [2.45, 2.75) is 31.6 Å². The second-order valence-electron chi connectivity index (χ2n) is 2.87. The fourth-order valence-corrected chi connectivity index (χ4v) is 1.76. The number of rotatable bonds is 1. The summed E-state index contributed by atoms with van der Waals surface area (Å²) >= 11 is 5.68. The average molecular weight is 172 g/mol. The van der Waals surface area contributed by atoms with Crippen LogP contribution in [0.15, 0.2) is 4.52 Å². The Labute approximate surface area is 70.5 Å². The van der Waals surface area contributed by atoms with Gasteiger partial charge in [0.15, 0.2) is 0 Å². The summed E-state index contributed by atoms with van der Waals surface area (Å²) in [4.78, 5) is 0. The molecule has 0 radical (unpaired) electrons. The summed E-state index contributed by atoms with van der Waals surface area (Å²) in [7, 11) is 0. The minimum absolute atomic E-state index is 0.485. The SMILES string of the molecule is ClCc1noc2c1CCCC2. The van der Waals surface area contributed by atoms with Crippen LogP contribution in [0.3, 0.4) is 0 Å². The summed E-state index contributed by atoms with van der Waals surface area (Å²) in [6, 6.07) is 0. The maximum absolute atomic E-state index is 5.68. The Morgan fingerprint density at radius 2 is 2.18 bits per heavy atom. The maximum atomic E-state index is 5.68. The van der Waals surface area contributed by atoms with Gasteiger partial charge in [-0.3, -0.25) is 0 Å². The van der Waals surface area contributed by atoms with Gasteiger partial charge in [0, 0.05) is 12.0 Å². The van der Waals surface area contributed by atoms with E-state index in [2.05, 4.69) is 5.16 Å². The van der Waals surface area contributed by atoms with Crippen molar-refractivity contribution < 1.29 is 4.52 Å². The largest absolute Gasteiger partial charge is 0.361 e. The van der Waals surface area contributed by atoms with Crippen molar-refractivity contribution in [2.24, 2.45) is 0 Å².